The molecule has 0 bridgehead atoms. The van der Waals surface area contributed by atoms with Gasteiger partial charge in [-0.05, 0) is 43.0 Å². The molecule has 1 aromatic rings. The van der Waals surface area contributed by atoms with Crippen LogP contribution >= 0.6 is 0 Å². The molecule has 0 saturated carbocycles. The molecule has 0 aliphatic rings. The van der Waals surface area contributed by atoms with Crippen LogP contribution in [0, 0.1) is 5.92 Å². The van der Waals surface area contributed by atoms with E-state index >= 15 is 0 Å². The molecule has 0 heterocycles. The minimum Gasteiger partial charge on any atom is -0.462 e. The van der Waals surface area contributed by atoms with Crippen molar-refractivity contribution < 1.29 is 19.1 Å². The van der Waals surface area contributed by atoms with E-state index in [-0.39, 0.29) is 23.8 Å². The minimum absolute atomic E-state index is 0.0796. The van der Waals surface area contributed by atoms with Gasteiger partial charge in [0.05, 0.1) is 12.2 Å². The van der Waals surface area contributed by atoms with Crippen LogP contribution in [0.5, 0.6) is 5.75 Å². The van der Waals surface area contributed by atoms with Crippen LogP contribution in [-0.4, -0.2) is 31.0 Å². The van der Waals surface area contributed by atoms with Crippen LogP contribution < -0.4 is 16.2 Å². The number of aliphatic imine (C=N–C) groups is 1. The molecule has 0 aliphatic heterocycles. The highest BCUT2D eigenvalue weighted by Crippen LogP contribution is 2.15. The zero-order valence-electron chi connectivity index (χ0n) is 14.9. The molecule has 4 N–H and O–H groups in total. The van der Waals surface area contributed by atoms with Gasteiger partial charge >= 0.3 is 11.9 Å². The van der Waals surface area contributed by atoms with Crippen molar-refractivity contribution in [2.75, 3.05) is 13.2 Å². The number of esters is 2. The van der Waals surface area contributed by atoms with E-state index in [1.807, 2.05) is 13.8 Å². The van der Waals surface area contributed by atoms with Gasteiger partial charge in [0.2, 0.25) is 0 Å². The molecule has 0 amide bonds. The largest absolute Gasteiger partial charge is 0.462 e. The first-order chi connectivity index (χ1) is 11.9. The van der Waals surface area contributed by atoms with Gasteiger partial charge in [-0.1, -0.05) is 20.3 Å². The highest BCUT2D eigenvalue weighted by atomic mass is 16.5. The standard InChI is InChI=1S/C18H27N3O4/c1-13(2)12-24-17(23)14-7-9-15(10-8-14)25-16(22)6-4-3-5-11-21-18(19)20/h7-10,13H,3-6,11-12H2,1-2H3,(H4,19,20,21). The third kappa shape index (κ3) is 9.34. The number of hydrogen-bond donors (Lipinski definition) is 2. The Balaban J connectivity index is 2.31. The van der Waals surface area contributed by atoms with E-state index in [4.69, 9.17) is 20.9 Å². The fraction of sp³-hybridized carbons (Fsp3) is 0.500. The molecular weight excluding hydrogens is 322 g/mol. The maximum Gasteiger partial charge on any atom is 0.338 e. The van der Waals surface area contributed by atoms with Crippen molar-refractivity contribution >= 4 is 17.9 Å². The van der Waals surface area contributed by atoms with E-state index < -0.39 is 0 Å². The molecule has 0 unspecified atom stereocenters. The van der Waals surface area contributed by atoms with Crippen LogP contribution in [0.15, 0.2) is 29.3 Å². The average molecular weight is 349 g/mol. The zero-order valence-corrected chi connectivity index (χ0v) is 14.9. The molecule has 0 spiro atoms. The van der Waals surface area contributed by atoms with Crippen molar-refractivity contribution in [2.45, 2.75) is 39.5 Å². The molecule has 1 rings (SSSR count). The second-order valence-corrected chi connectivity index (χ2v) is 6.11. The molecule has 0 atom stereocenters. The van der Waals surface area contributed by atoms with Gasteiger partial charge < -0.3 is 20.9 Å². The third-order valence-electron chi connectivity index (χ3n) is 3.20. The predicted octanol–water partition coefficient (Wildman–Crippen LogP) is 2.24. The maximum atomic E-state index is 11.8. The zero-order chi connectivity index (χ0) is 18.7. The van der Waals surface area contributed by atoms with Crippen molar-refractivity contribution in [1.29, 1.82) is 0 Å². The number of rotatable bonds is 10. The van der Waals surface area contributed by atoms with Crippen LogP contribution in [0.1, 0.15) is 49.9 Å². The Kier molecular flexibility index (Phi) is 9.06. The lowest BCUT2D eigenvalue weighted by Crippen LogP contribution is -2.22. The Bertz CT molecular complexity index is 578. The van der Waals surface area contributed by atoms with Gasteiger partial charge in [0.1, 0.15) is 5.75 Å². The first kappa shape index (κ1) is 20.5. The van der Waals surface area contributed by atoms with Crippen LogP contribution in [0.4, 0.5) is 0 Å². The molecule has 0 saturated heterocycles. The summed E-state index contributed by atoms with van der Waals surface area (Å²) in [5.41, 5.74) is 10.9. The van der Waals surface area contributed by atoms with E-state index in [9.17, 15) is 9.59 Å². The average Bonchev–Trinajstić information content (AvgIpc) is 2.56. The van der Waals surface area contributed by atoms with Crippen LogP contribution in [0.3, 0.4) is 0 Å². The van der Waals surface area contributed by atoms with Crippen molar-refractivity contribution in [3.63, 3.8) is 0 Å². The first-order valence-electron chi connectivity index (χ1n) is 8.41. The summed E-state index contributed by atoms with van der Waals surface area (Å²) in [6.07, 6.45) is 2.68. The summed E-state index contributed by atoms with van der Waals surface area (Å²) in [6.45, 7) is 4.87. The monoisotopic (exact) mass is 349 g/mol. The molecular formula is C18H27N3O4. The van der Waals surface area contributed by atoms with Crippen molar-refractivity contribution in [2.24, 2.45) is 22.4 Å². The summed E-state index contributed by atoms with van der Waals surface area (Å²) in [4.78, 5) is 27.4. The molecule has 138 valence electrons. The number of guanidine groups is 1. The van der Waals surface area contributed by atoms with Crippen LogP contribution in [0.25, 0.3) is 0 Å². The van der Waals surface area contributed by atoms with Gasteiger partial charge in [-0.15, -0.1) is 0 Å². The van der Waals surface area contributed by atoms with E-state index in [2.05, 4.69) is 4.99 Å². The Labute approximate surface area is 148 Å². The Morgan fingerprint density at radius 1 is 1.08 bits per heavy atom. The normalized spacial score (nSPS) is 10.4. The maximum absolute atomic E-state index is 11.8. The Hall–Kier alpha value is -2.57. The quantitative estimate of drug-likeness (QED) is 0.220. The highest BCUT2D eigenvalue weighted by Gasteiger charge is 2.09. The molecule has 0 aromatic heterocycles. The van der Waals surface area contributed by atoms with Crippen molar-refractivity contribution in [3.8, 4) is 5.75 Å². The fourth-order valence-electron chi connectivity index (χ4n) is 1.93. The summed E-state index contributed by atoms with van der Waals surface area (Å²) in [5, 5.41) is 0. The van der Waals surface area contributed by atoms with E-state index in [1.54, 1.807) is 24.3 Å². The fourth-order valence-corrected chi connectivity index (χ4v) is 1.93. The molecule has 25 heavy (non-hydrogen) atoms. The van der Waals surface area contributed by atoms with Crippen LogP contribution in [0.2, 0.25) is 0 Å². The lowest BCUT2D eigenvalue weighted by atomic mass is 10.2. The first-order valence-corrected chi connectivity index (χ1v) is 8.41. The number of ether oxygens (including phenoxy) is 2. The van der Waals surface area contributed by atoms with Gasteiger partial charge in [0.25, 0.3) is 0 Å². The Morgan fingerprint density at radius 3 is 2.36 bits per heavy atom. The smallest absolute Gasteiger partial charge is 0.338 e. The third-order valence-corrected chi connectivity index (χ3v) is 3.20. The summed E-state index contributed by atoms with van der Waals surface area (Å²) in [7, 11) is 0. The van der Waals surface area contributed by atoms with Gasteiger partial charge in [-0.2, -0.15) is 0 Å². The summed E-state index contributed by atoms with van der Waals surface area (Å²) < 4.78 is 10.4. The molecule has 1 aromatic carbocycles. The van der Waals surface area contributed by atoms with Gasteiger partial charge in [-0.3, -0.25) is 9.79 Å². The SMILES string of the molecule is CC(C)COC(=O)c1ccc(OC(=O)CCCCCN=C(N)N)cc1. The molecule has 0 radical (unpaired) electrons. The number of unbranched alkanes of at least 4 members (excludes halogenated alkanes) is 2. The predicted molar refractivity (Wildman–Crippen MR) is 96.3 cm³/mol. The summed E-state index contributed by atoms with van der Waals surface area (Å²) in [6, 6.07) is 6.34. The van der Waals surface area contributed by atoms with Gasteiger partial charge in [0, 0.05) is 13.0 Å². The number of carbonyl (C=O) groups excluding carboxylic acids is 2. The second kappa shape index (κ2) is 11.1. The number of benzene rings is 1. The van der Waals surface area contributed by atoms with E-state index in [0.29, 0.717) is 37.3 Å². The number of hydrogen-bond acceptors (Lipinski definition) is 5. The van der Waals surface area contributed by atoms with Crippen LogP contribution in [-0.2, 0) is 9.53 Å². The number of nitrogens with zero attached hydrogens (tertiary/aromatic N) is 1. The van der Waals surface area contributed by atoms with Crippen molar-refractivity contribution in [3.05, 3.63) is 29.8 Å². The second-order valence-electron chi connectivity index (χ2n) is 6.11. The molecule has 0 fully saturated rings. The highest BCUT2D eigenvalue weighted by molar-refractivity contribution is 5.89. The molecule has 7 heteroatoms. The Morgan fingerprint density at radius 2 is 1.76 bits per heavy atom. The van der Waals surface area contributed by atoms with E-state index in [0.717, 1.165) is 12.8 Å². The summed E-state index contributed by atoms with van der Waals surface area (Å²) >= 11 is 0. The van der Waals surface area contributed by atoms with Gasteiger partial charge in [-0.25, -0.2) is 4.79 Å². The summed E-state index contributed by atoms with van der Waals surface area (Å²) in [5.74, 6) is 0.0785. The molecule has 0 aliphatic carbocycles. The number of carbonyl (C=O) groups is 2. The molecule has 7 nitrogen and oxygen atoms in total. The topological polar surface area (TPSA) is 117 Å². The van der Waals surface area contributed by atoms with E-state index in [1.165, 1.54) is 0 Å². The van der Waals surface area contributed by atoms with Gasteiger partial charge in [0.15, 0.2) is 5.96 Å². The number of nitrogens with two attached hydrogens (primary N) is 2. The lowest BCUT2D eigenvalue weighted by molar-refractivity contribution is -0.134. The lowest BCUT2D eigenvalue weighted by Gasteiger charge is -2.08. The minimum atomic E-state index is -0.382. The van der Waals surface area contributed by atoms with Crippen molar-refractivity contribution in [1.82, 2.24) is 0 Å².